The lowest BCUT2D eigenvalue weighted by atomic mass is 9.86. The van der Waals surface area contributed by atoms with Gasteiger partial charge in [-0.15, -0.1) is 5.10 Å². The quantitative estimate of drug-likeness (QED) is 0.0388. The lowest BCUT2D eigenvalue weighted by molar-refractivity contribution is -0.172. The average molecular weight is 862 g/mol. The lowest BCUT2D eigenvalue weighted by Crippen LogP contribution is -2.55. The fourth-order valence-electron chi connectivity index (χ4n) is 7.69. The molecule has 0 saturated carbocycles. The van der Waals surface area contributed by atoms with Crippen LogP contribution >= 0.6 is 11.8 Å². The number of hydrogen-bond acceptors (Lipinski definition) is 15. The molecule has 0 spiro atoms. The summed E-state index contributed by atoms with van der Waals surface area (Å²) >= 11 is 1.55. The number of esters is 1. The number of carbonyl (C=O) groups excluding carboxylic acids is 1. The standard InChI is InChI=1S/C40H51N7O9SSi2/c1-7-11-52-12-13-53-14-15-54-23-27-21-46(45-44-27)20-26-18-41-39(42-19-26)57-25-58(3,4)56-59(5,6)36-29-16-28(48)9-10-33(29)43-35-30(36)22-47-34(35)17-32-31(37(47)49)24-55-38(50)40(32,51)8-2/h9-10,16-19,21,48,51H,7-8,11-15,20,22-25H2,1-6H3/t40-/m0/s1. The first-order chi connectivity index (χ1) is 28.2. The number of carbonyl (C=O) groups is 1. The van der Waals surface area contributed by atoms with E-state index in [1.165, 1.54) is 0 Å². The summed E-state index contributed by atoms with van der Waals surface area (Å²) in [7, 11) is -5.25. The third kappa shape index (κ3) is 9.21. The van der Waals surface area contributed by atoms with Crippen LogP contribution in [-0.2, 0) is 59.8 Å². The van der Waals surface area contributed by atoms with Gasteiger partial charge in [0.15, 0.2) is 19.1 Å². The van der Waals surface area contributed by atoms with E-state index in [4.69, 9.17) is 28.0 Å². The van der Waals surface area contributed by atoms with Crippen molar-refractivity contribution in [1.82, 2.24) is 34.5 Å². The molecule has 6 heterocycles. The van der Waals surface area contributed by atoms with Crippen LogP contribution in [-0.4, -0.2) is 106 Å². The van der Waals surface area contributed by atoms with Crippen molar-refractivity contribution in [3.8, 4) is 17.1 Å². The molecule has 0 radical (unpaired) electrons. The molecule has 0 amide bonds. The Bertz CT molecular complexity index is 2390. The minimum Gasteiger partial charge on any atom is -0.508 e. The Labute approximate surface area is 348 Å². The van der Waals surface area contributed by atoms with E-state index in [2.05, 4.69) is 53.4 Å². The fourth-order valence-corrected chi connectivity index (χ4v) is 18.3. The number of phenolic OH excluding ortho intramolecular Hbond substituents is 1. The normalized spacial score (nSPS) is 16.3. The molecule has 7 rings (SSSR count). The third-order valence-corrected chi connectivity index (χ3v) is 20.2. The van der Waals surface area contributed by atoms with Gasteiger partial charge in [-0.1, -0.05) is 30.8 Å². The summed E-state index contributed by atoms with van der Waals surface area (Å²) < 4.78 is 32.4. The summed E-state index contributed by atoms with van der Waals surface area (Å²) in [6.07, 6.45) is 6.48. The van der Waals surface area contributed by atoms with Gasteiger partial charge in [0.05, 0.1) is 74.8 Å². The third-order valence-electron chi connectivity index (χ3n) is 10.3. The first-order valence-corrected chi connectivity index (χ1v) is 26.8. The number of pyridine rings is 2. The van der Waals surface area contributed by atoms with Gasteiger partial charge in [0.25, 0.3) is 5.56 Å². The van der Waals surface area contributed by atoms with E-state index >= 15 is 0 Å². The maximum absolute atomic E-state index is 14.0. The highest BCUT2D eigenvalue weighted by atomic mass is 32.2. The molecule has 19 heteroatoms. The number of fused-ring (bicyclic) bond motifs is 5. The summed E-state index contributed by atoms with van der Waals surface area (Å²) in [4.78, 5) is 41.0. The molecular weight excluding hydrogens is 811 g/mol. The van der Waals surface area contributed by atoms with Crippen molar-refractivity contribution in [2.75, 3.05) is 38.4 Å². The first kappa shape index (κ1) is 42.8. The van der Waals surface area contributed by atoms with Crippen LogP contribution in [0.2, 0.25) is 26.2 Å². The number of rotatable bonds is 19. The Balaban J connectivity index is 1.02. The van der Waals surface area contributed by atoms with Crippen molar-refractivity contribution in [2.45, 2.75) is 89.9 Å². The van der Waals surface area contributed by atoms with E-state index in [0.717, 1.165) is 40.4 Å². The largest absolute Gasteiger partial charge is 0.508 e. The highest BCUT2D eigenvalue weighted by Crippen LogP contribution is 2.39. The number of aliphatic hydroxyl groups is 1. The molecule has 16 nitrogen and oxygen atoms in total. The van der Waals surface area contributed by atoms with Crippen molar-refractivity contribution in [3.63, 3.8) is 0 Å². The molecule has 2 aliphatic rings. The number of phenols is 1. The van der Waals surface area contributed by atoms with Crippen molar-refractivity contribution < 1.29 is 38.1 Å². The Morgan fingerprint density at radius 2 is 1.69 bits per heavy atom. The maximum Gasteiger partial charge on any atom is 0.343 e. The molecule has 5 aromatic rings. The van der Waals surface area contributed by atoms with Crippen LogP contribution in [0.3, 0.4) is 0 Å². The van der Waals surface area contributed by atoms with Gasteiger partial charge in [0.2, 0.25) is 8.32 Å². The van der Waals surface area contributed by atoms with Gasteiger partial charge in [-0.05, 0) is 68.5 Å². The minimum absolute atomic E-state index is 0.0546. The van der Waals surface area contributed by atoms with Gasteiger partial charge in [0, 0.05) is 46.5 Å². The Morgan fingerprint density at radius 3 is 2.42 bits per heavy atom. The van der Waals surface area contributed by atoms with Crippen LogP contribution < -0.4 is 10.7 Å². The predicted octanol–water partition coefficient (Wildman–Crippen LogP) is 4.14. The molecule has 314 valence electrons. The predicted molar refractivity (Wildman–Crippen MR) is 225 cm³/mol. The number of nitrogens with zero attached hydrogens (tertiary/aromatic N) is 7. The van der Waals surface area contributed by atoms with Gasteiger partial charge in [0.1, 0.15) is 18.1 Å². The van der Waals surface area contributed by atoms with Crippen LogP contribution in [0.4, 0.5) is 0 Å². The molecule has 0 aliphatic carbocycles. The Kier molecular flexibility index (Phi) is 12.8. The number of hydrogen-bond donors (Lipinski definition) is 2. The van der Waals surface area contributed by atoms with Crippen LogP contribution in [0.25, 0.3) is 22.3 Å². The van der Waals surface area contributed by atoms with E-state index in [1.54, 1.807) is 64.6 Å². The fraction of sp³-hybridized carbons (Fsp3) is 0.475. The molecule has 2 N–H and O–H groups in total. The maximum atomic E-state index is 14.0. The lowest BCUT2D eigenvalue weighted by Gasteiger charge is -2.35. The second-order valence-corrected chi connectivity index (χ2v) is 25.5. The molecule has 1 atom stereocenters. The van der Waals surface area contributed by atoms with Crippen molar-refractivity contribution in [3.05, 3.63) is 81.2 Å². The smallest absolute Gasteiger partial charge is 0.343 e. The van der Waals surface area contributed by atoms with E-state index < -0.39 is 28.2 Å². The monoisotopic (exact) mass is 861 g/mol. The summed E-state index contributed by atoms with van der Waals surface area (Å²) in [5.41, 5.74) is 2.48. The molecular formula is C40H51N7O9SSi2. The van der Waals surface area contributed by atoms with Crippen molar-refractivity contribution in [1.29, 1.82) is 0 Å². The van der Waals surface area contributed by atoms with E-state index in [9.17, 15) is 19.8 Å². The van der Waals surface area contributed by atoms with E-state index in [0.29, 0.717) is 67.0 Å². The summed E-state index contributed by atoms with van der Waals surface area (Å²) in [6, 6.07) is 6.79. The Morgan fingerprint density at radius 1 is 0.966 bits per heavy atom. The van der Waals surface area contributed by atoms with Crippen LogP contribution in [0.5, 0.6) is 5.75 Å². The molecule has 0 saturated heterocycles. The van der Waals surface area contributed by atoms with Crippen LogP contribution in [0.15, 0.2) is 52.8 Å². The number of benzene rings is 1. The minimum atomic E-state index is -2.83. The number of ether oxygens (including phenoxy) is 4. The summed E-state index contributed by atoms with van der Waals surface area (Å²) in [5.74, 6) is -0.666. The molecule has 0 bridgehead atoms. The van der Waals surface area contributed by atoms with Crippen LogP contribution in [0, 0.1) is 0 Å². The second kappa shape index (κ2) is 17.7. The highest BCUT2D eigenvalue weighted by Gasteiger charge is 2.46. The number of cyclic esters (lactones) is 1. The number of thioether (sulfide) groups is 1. The zero-order chi connectivity index (χ0) is 42.0. The number of aromatic nitrogens is 7. The van der Waals surface area contributed by atoms with Gasteiger partial charge in [-0.25, -0.2) is 24.4 Å². The molecule has 59 heavy (non-hydrogen) atoms. The summed E-state index contributed by atoms with van der Waals surface area (Å²) in [5, 5.41) is 33.5. The van der Waals surface area contributed by atoms with E-state index in [1.807, 2.05) is 6.20 Å². The van der Waals surface area contributed by atoms with Gasteiger partial charge in [-0.3, -0.25) is 4.79 Å². The highest BCUT2D eigenvalue weighted by molar-refractivity contribution is 8.00. The molecule has 1 aromatic carbocycles. The zero-order valence-corrected chi connectivity index (χ0v) is 37.1. The van der Waals surface area contributed by atoms with Crippen molar-refractivity contribution >= 4 is 50.5 Å². The molecule has 4 aromatic heterocycles. The summed E-state index contributed by atoms with van der Waals surface area (Å²) in [6.45, 7) is 16.0. The van der Waals surface area contributed by atoms with Gasteiger partial charge >= 0.3 is 5.97 Å². The topological polar surface area (TPSA) is 195 Å². The van der Waals surface area contributed by atoms with E-state index in [-0.39, 0.29) is 42.0 Å². The van der Waals surface area contributed by atoms with Gasteiger partial charge in [-0.2, -0.15) is 0 Å². The molecule has 0 unspecified atom stereocenters. The number of aromatic hydroxyl groups is 1. The average Bonchev–Trinajstić information content (AvgIpc) is 3.81. The Hall–Kier alpha value is -4.35. The van der Waals surface area contributed by atoms with Gasteiger partial charge < -0.3 is 37.8 Å². The first-order valence-electron chi connectivity index (χ1n) is 19.8. The van der Waals surface area contributed by atoms with Crippen LogP contribution in [0.1, 0.15) is 54.6 Å². The SMILES string of the molecule is CCCOCCOCCOCc1cn(Cc2cnc(SC[Si](C)(C)O[Si](C)(C)c3c4c(nc5ccc(O)cc35)-c3cc5c(c(=O)n3C4)COC(=O)[C@]5(O)CC)nc2)nn1. The zero-order valence-electron chi connectivity index (χ0n) is 34.3. The molecule has 0 fully saturated rings. The second-order valence-electron chi connectivity index (χ2n) is 15.8. The van der Waals surface area contributed by atoms with Crippen molar-refractivity contribution in [2.24, 2.45) is 0 Å². The molecule has 2 aliphatic heterocycles.